The van der Waals surface area contributed by atoms with Gasteiger partial charge in [0.2, 0.25) is 0 Å². The minimum absolute atomic E-state index is 0.0911. The molecule has 0 bridgehead atoms. The molecular formula is C16H31N3O3. The van der Waals surface area contributed by atoms with Gasteiger partial charge in [-0.1, -0.05) is 0 Å². The molecule has 0 aromatic heterocycles. The van der Waals surface area contributed by atoms with Crippen LogP contribution in [0, 0.1) is 0 Å². The van der Waals surface area contributed by atoms with Gasteiger partial charge in [-0.2, -0.15) is 0 Å². The van der Waals surface area contributed by atoms with E-state index >= 15 is 0 Å². The van der Waals surface area contributed by atoms with E-state index in [0.717, 1.165) is 26.1 Å². The van der Waals surface area contributed by atoms with Gasteiger partial charge in [0.25, 0.3) is 0 Å². The number of likely N-dealkylation sites (tertiary alicyclic amines) is 2. The minimum Gasteiger partial charge on any atom is -0.464 e. The Morgan fingerprint density at radius 1 is 1.23 bits per heavy atom. The molecule has 2 aliphatic rings. The van der Waals surface area contributed by atoms with Gasteiger partial charge in [-0.25, -0.2) is 4.79 Å². The molecule has 2 aliphatic heterocycles. The summed E-state index contributed by atoms with van der Waals surface area (Å²) in [6.45, 7) is 5.80. The average Bonchev–Trinajstić information content (AvgIpc) is 2.43. The van der Waals surface area contributed by atoms with Crippen molar-refractivity contribution in [3.8, 4) is 0 Å². The maximum Gasteiger partial charge on any atom is 0.332 e. The number of hydrogen-bond acceptors (Lipinski definition) is 6. The van der Waals surface area contributed by atoms with Crippen molar-refractivity contribution < 1.29 is 14.3 Å². The molecule has 2 heterocycles. The molecule has 0 aromatic carbocycles. The van der Waals surface area contributed by atoms with E-state index in [1.165, 1.54) is 25.9 Å². The van der Waals surface area contributed by atoms with Crippen LogP contribution in [0.2, 0.25) is 0 Å². The predicted molar refractivity (Wildman–Crippen MR) is 86.0 cm³/mol. The van der Waals surface area contributed by atoms with Crippen molar-refractivity contribution in [3.05, 3.63) is 0 Å². The molecular weight excluding hydrogens is 282 g/mol. The second kappa shape index (κ2) is 8.82. The Morgan fingerprint density at radius 3 is 2.55 bits per heavy atom. The molecule has 128 valence electrons. The number of nitrogens with zero attached hydrogens (tertiary/aromatic N) is 3. The summed E-state index contributed by atoms with van der Waals surface area (Å²) in [6.07, 6.45) is 3.56. The van der Waals surface area contributed by atoms with Gasteiger partial charge < -0.3 is 19.3 Å². The van der Waals surface area contributed by atoms with Crippen LogP contribution in [-0.2, 0) is 14.3 Å². The molecule has 0 atom stereocenters. The summed E-state index contributed by atoms with van der Waals surface area (Å²) in [7, 11) is 6.21. The second-order valence-corrected chi connectivity index (χ2v) is 6.80. The van der Waals surface area contributed by atoms with Crippen molar-refractivity contribution in [2.75, 3.05) is 67.1 Å². The van der Waals surface area contributed by atoms with Gasteiger partial charge >= 0.3 is 5.97 Å². The molecule has 0 saturated carbocycles. The van der Waals surface area contributed by atoms with Gasteiger partial charge in [0.05, 0.1) is 12.7 Å². The quantitative estimate of drug-likeness (QED) is 0.474. The first-order valence-corrected chi connectivity index (χ1v) is 8.39. The van der Waals surface area contributed by atoms with Gasteiger partial charge in [-0.05, 0) is 53.5 Å². The fourth-order valence-corrected chi connectivity index (χ4v) is 3.03. The first-order chi connectivity index (χ1) is 10.5. The Hall–Kier alpha value is -0.690. The molecule has 0 radical (unpaired) electrons. The molecule has 0 unspecified atom stereocenters. The maximum atomic E-state index is 11.6. The highest BCUT2D eigenvalue weighted by atomic mass is 16.6. The van der Waals surface area contributed by atoms with Gasteiger partial charge in [-0.15, -0.1) is 0 Å². The van der Waals surface area contributed by atoms with Gasteiger partial charge in [0, 0.05) is 25.7 Å². The summed E-state index contributed by atoms with van der Waals surface area (Å²) in [5, 5.41) is 0. The zero-order chi connectivity index (χ0) is 15.9. The topological polar surface area (TPSA) is 45.2 Å². The zero-order valence-corrected chi connectivity index (χ0v) is 14.3. The maximum absolute atomic E-state index is 11.6. The summed E-state index contributed by atoms with van der Waals surface area (Å²) in [5.74, 6) is -0.239. The molecule has 2 saturated heterocycles. The zero-order valence-electron chi connectivity index (χ0n) is 14.3. The smallest absolute Gasteiger partial charge is 0.332 e. The Kier molecular flexibility index (Phi) is 7.08. The lowest BCUT2D eigenvalue weighted by molar-refractivity contribution is -0.156. The number of piperidine rings is 1. The average molecular weight is 313 g/mol. The fraction of sp³-hybridized carbons (Fsp3) is 0.938. The summed E-state index contributed by atoms with van der Waals surface area (Å²) >= 11 is 0. The van der Waals surface area contributed by atoms with Crippen LogP contribution in [0.15, 0.2) is 0 Å². The van der Waals surface area contributed by atoms with Gasteiger partial charge in [-0.3, -0.25) is 4.90 Å². The molecule has 2 rings (SSSR count). The van der Waals surface area contributed by atoms with E-state index in [4.69, 9.17) is 9.47 Å². The number of carbonyl (C=O) groups is 1. The summed E-state index contributed by atoms with van der Waals surface area (Å²) in [4.78, 5) is 18.5. The third-order valence-corrected chi connectivity index (χ3v) is 4.53. The largest absolute Gasteiger partial charge is 0.464 e. The lowest BCUT2D eigenvalue weighted by atomic mass is 9.99. The van der Waals surface area contributed by atoms with Crippen LogP contribution in [0.1, 0.15) is 19.3 Å². The van der Waals surface area contributed by atoms with E-state index in [1.54, 1.807) is 0 Å². The molecule has 0 spiro atoms. The minimum atomic E-state index is -0.239. The third kappa shape index (κ3) is 5.83. The molecule has 0 N–H and O–H groups in total. The van der Waals surface area contributed by atoms with Crippen LogP contribution in [0.25, 0.3) is 0 Å². The van der Waals surface area contributed by atoms with Crippen molar-refractivity contribution >= 4 is 5.97 Å². The number of carbonyl (C=O) groups excluding carboxylic acids is 1. The SMILES string of the molecule is CN(C)CCCOC(=O)COC1CN(C2CCN(C)CC2)C1. The van der Waals surface area contributed by atoms with Crippen molar-refractivity contribution in [1.29, 1.82) is 0 Å². The van der Waals surface area contributed by atoms with Crippen LogP contribution in [0.5, 0.6) is 0 Å². The predicted octanol–water partition coefficient (Wildman–Crippen LogP) is 0.276. The lowest BCUT2D eigenvalue weighted by Gasteiger charge is -2.46. The van der Waals surface area contributed by atoms with E-state index in [9.17, 15) is 4.79 Å². The van der Waals surface area contributed by atoms with Crippen molar-refractivity contribution in [1.82, 2.24) is 14.7 Å². The highest BCUT2D eigenvalue weighted by molar-refractivity contribution is 5.70. The van der Waals surface area contributed by atoms with E-state index < -0.39 is 0 Å². The Balaban J connectivity index is 1.48. The highest BCUT2D eigenvalue weighted by Gasteiger charge is 2.34. The molecule has 6 nitrogen and oxygen atoms in total. The number of esters is 1. The molecule has 0 amide bonds. The van der Waals surface area contributed by atoms with E-state index in [2.05, 4.69) is 21.7 Å². The molecule has 2 fully saturated rings. The van der Waals surface area contributed by atoms with Crippen molar-refractivity contribution in [3.63, 3.8) is 0 Å². The molecule has 6 heteroatoms. The summed E-state index contributed by atoms with van der Waals surface area (Å²) in [6, 6.07) is 0.703. The van der Waals surface area contributed by atoms with Gasteiger partial charge in [0.1, 0.15) is 6.61 Å². The fourth-order valence-electron chi connectivity index (χ4n) is 3.03. The monoisotopic (exact) mass is 313 g/mol. The number of hydrogen-bond donors (Lipinski definition) is 0. The first-order valence-electron chi connectivity index (χ1n) is 8.39. The molecule has 0 aromatic rings. The van der Waals surface area contributed by atoms with Crippen LogP contribution >= 0.6 is 0 Å². The Morgan fingerprint density at radius 2 is 1.91 bits per heavy atom. The lowest BCUT2D eigenvalue weighted by Crippen LogP contribution is -2.58. The van der Waals surface area contributed by atoms with E-state index in [-0.39, 0.29) is 18.7 Å². The first kappa shape index (κ1) is 17.7. The standard InChI is InChI=1S/C16H31N3O3/c1-17(2)7-4-10-21-16(20)13-22-15-11-19(12-15)14-5-8-18(3)9-6-14/h14-15H,4-13H2,1-3H3. The van der Waals surface area contributed by atoms with Crippen LogP contribution in [0.4, 0.5) is 0 Å². The van der Waals surface area contributed by atoms with Crippen LogP contribution in [-0.4, -0.2) is 99.9 Å². The number of rotatable bonds is 8. The molecule has 0 aliphatic carbocycles. The highest BCUT2D eigenvalue weighted by Crippen LogP contribution is 2.22. The van der Waals surface area contributed by atoms with Gasteiger partial charge in [0.15, 0.2) is 0 Å². The van der Waals surface area contributed by atoms with Crippen molar-refractivity contribution in [2.24, 2.45) is 0 Å². The Labute approximate surface area is 134 Å². The van der Waals surface area contributed by atoms with E-state index in [1.807, 2.05) is 14.1 Å². The third-order valence-electron chi connectivity index (χ3n) is 4.53. The van der Waals surface area contributed by atoms with Crippen molar-refractivity contribution in [2.45, 2.75) is 31.4 Å². The summed E-state index contributed by atoms with van der Waals surface area (Å²) in [5.41, 5.74) is 0. The Bertz CT molecular complexity index is 338. The second-order valence-electron chi connectivity index (χ2n) is 6.80. The normalized spacial score (nSPS) is 22.0. The number of ether oxygens (including phenoxy) is 2. The molecule has 22 heavy (non-hydrogen) atoms. The van der Waals surface area contributed by atoms with Crippen LogP contribution < -0.4 is 0 Å². The van der Waals surface area contributed by atoms with Crippen LogP contribution in [0.3, 0.4) is 0 Å². The van der Waals surface area contributed by atoms with E-state index in [0.29, 0.717) is 12.6 Å². The summed E-state index contributed by atoms with van der Waals surface area (Å²) < 4.78 is 10.8.